The Labute approximate surface area is 141 Å². The Balaban J connectivity index is 2.45. The highest BCUT2D eigenvalue weighted by atomic mass is 19.4. The number of alkyl halides is 3. The maximum Gasteiger partial charge on any atom is 0.416 e. The molecule has 0 saturated carbocycles. The largest absolute Gasteiger partial charge is 0.416 e. The number of hydrogen-bond acceptors (Lipinski definition) is 2. The smallest absolute Gasteiger partial charge is 0.382 e. The molecule has 1 N–H and O–H groups in total. The first-order chi connectivity index (χ1) is 11.4. The summed E-state index contributed by atoms with van der Waals surface area (Å²) in [7, 11) is 3.54. The second kappa shape index (κ2) is 10.2. The van der Waals surface area contributed by atoms with Gasteiger partial charge in [-0.15, -0.1) is 0 Å². The van der Waals surface area contributed by atoms with Gasteiger partial charge in [-0.1, -0.05) is 12.1 Å². The standard InChI is InChI=1S/C17H26F3N3O/c1-4-24-12-6-5-11-22-16(21-2)23(3)13-14-7-9-15(10-8-14)17(18,19)20/h7-10H,4-6,11-13H2,1-3H3,(H,21,22). The minimum absolute atomic E-state index is 0.483. The summed E-state index contributed by atoms with van der Waals surface area (Å²) in [6.07, 6.45) is -2.36. The van der Waals surface area contributed by atoms with Gasteiger partial charge in [-0.3, -0.25) is 4.99 Å². The highest BCUT2D eigenvalue weighted by Crippen LogP contribution is 2.29. The predicted molar refractivity (Wildman–Crippen MR) is 90.0 cm³/mol. The molecule has 4 nitrogen and oxygen atoms in total. The van der Waals surface area contributed by atoms with E-state index in [0.29, 0.717) is 12.5 Å². The van der Waals surface area contributed by atoms with Gasteiger partial charge in [0.25, 0.3) is 0 Å². The van der Waals surface area contributed by atoms with Gasteiger partial charge in [0, 0.05) is 40.4 Å². The number of hydrogen-bond donors (Lipinski definition) is 1. The average Bonchev–Trinajstić information content (AvgIpc) is 2.54. The molecule has 0 aliphatic heterocycles. The zero-order chi connectivity index (χ0) is 18.0. The van der Waals surface area contributed by atoms with Crippen molar-refractivity contribution in [1.82, 2.24) is 10.2 Å². The third kappa shape index (κ3) is 7.21. The van der Waals surface area contributed by atoms with Crippen LogP contribution in [0.25, 0.3) is 0 Å². The number of rotatable bonds is 8. The Morgan fingerprint density at radius 1 is 1.21 bits per heavy atom. The van der Waals surface area contributed by atoms with Crippen LogP contribution in [-0.4, -0.2) is 44.7 Å². The van der Waals surface area contributed by atoms with Crippen molar-refractivity contribution in [3.05, 3.63) is 35.4 Å². The summed E-state index contributed by atoms with van der Waals surface area (Å²) in [6.45, 7) is 4.70. The molecule has 0 fully saturated rings. The third-order valence-electron chi connectivity index (χ3n) is 3.48. The summed E-state index contributed by atoms with van der Waals surface area (Å²) in [6, 6.07) is 5.20. The predicted octanol–water partition coefficient (Wildman–Crippen LogP) is 3.53. The number of nitrogens with one attached hydrogen (secondary N) is 1. The van der Waals surface area contributed by atoms with E-state index in [1.165, 1.54) is 12.1 Å². The molecule has 24 heavy (non-hydrogen) atoms. The Hall–Kier alpha value is -1.76. The van der Waals surface area contributed by atoms with Crippen molar-refractivity contribution in [2.45, 2.75) is 32.5 Å². The van der Waals surface area contributed by atoms with Gasteiger partial charge in [0.2, 0.25) is 0 Å². The maximum absolute atomic E-state index is 12.6. The summed E-state index contributed by atoms with van der Waals surface area (Å²) in [5.41, 5.74) is 0.163. The van der Waals surface area contributed by atoms with Gasteiger partial charge in [0.1, 0.15) is 0 Å². The third-order valence-corrected chi connectivity index (χ3v) is 3.48. The van der Waals surface area contributed by atoms with Gasteiger partial charge in [-0.05, 0) is 37.5 Å². The molecule has 0 aliphatic rings. The van der Waals surface area contributed by atoms with Crippen molar-refractivity contribution in [2.75, 3.05) is 33.9 Å². The van der Waals surface area contributed by atoms with Crippen LogP contribution in [0.3, 0.4) is 0 Å². The van der Waals surface area contributed by atoms with Crippen LogP contribution in [0.15, 0.2) is 29.3 Å². The fraction of sp³-hybridized carbons (Fsp3) is 0.588. The Morgan fingerprint density at radius 2 is 1.88 bits per heavy atom. The quantitative estimate of drug-likeness (QED) is 0.445. The van der Waals surface area contributed by atoms with E-state index < -0.39 is 11.7 Å². The van der Waals surface area contributed by atoms with Gasteiger partial charge in [-0.25, -0.2) is 0 Å². The van der Waals surface area contributed by atoms with E-state index in [1.54, 1.807) is 7.05 Å². The van der Waals surface area contributed by atoms with Gasteiger partial charge in [0.05, 0.1) is 5.56 Å². The van der Waals surface area contributed by atoms with Crippen LogP contribution >= 0.6 is 0 Å². The summed E-state index contributed by atoms with van der Waals surface area (Å²) in [5.74, 6) is 0.714. The normalized spacial score (nSPS) is 12.3. The highest BCUT2D eigenvalue weighted by molar-refractivity contribution is 5.79. The number of unbranched alkanes of at least 4 members (excludes halogenated alkanes) is 1. The molecule has 1 aromatic carbocycles. The maximum atomic E-state index is 12.6. The van der Waals surface area contributed by atoms with E-state index in [1.807, 2.05) is 18.9 Å². The molecule has 1 rings (SSSR count). The molecule has 0 amide bonds. The second-order valence-electron chi connectivity index (χ2n) is 5.43. The van der Waals surface area contributed by atoms with E-state index in [9.17, 15) is 13.2 Å². The van der Waals surface area contributed by atoms with Crippen LogP contribution in [0, 0.1) is 0 Å². The summed E-state index contributed by atoms with van der Waals surface area (Å²) in [4.78, 5) is 6.08. The number of ether oxygens (including phenoxy) is 1. The summed E-state index contributed by atoms with van der Waals surface area (Å²) < 4.78 is 43.0. The van der Waals surface area contributed by atoms with Gasteiger partial charge < -0.3 is 15.0 Å². The molecule has 0 heterocycles. The van der Waals surface area contributed by atoms with Gasteiger partial charge in [-0.2, -0.15) is 13.2 Å². The average molecular weight is 345 g/mol. The van der Waals surface area contributed by atoms with Crippen molar-refractivity contribution in [1.29, 1.82) is 0 Å². The van der Waals surface area contributed by atoms with Crippen molar-refractivity contribution in [3.8, 4) is 0 Å². The topological polar surface area (TPSA) is 36.9 Å². The molecule has 0 aromatic heterocycles. The van der Waals surface area contributed by atoms with Crippen LogP contribution in [-0.2, 0) is 17.5 Å². The SMILES string of the molecule is CCOCCCCNC(=NC)N(C)Cc1ccc(C(F)(F)F)cc1. The van der Waals surface area contributed by atoms with Crippen molar-refractivity contribution in [3.63, 3.8) is 0 Å². The van der Waals surface area contributed by atoms with Crippen LogP contribution in [0.4, 0.5) is 13.2 Å². The lowest BCUT2D eigenvalue weighted by Crippen LogP contribution is -2.38. The number of aliphatic imine (C=N–C) groups is 1. The lowest BCUT2D eigenvalue weighted by molar-refractivity contribution is -0.137. The Kier molecular flexibility index (Phi) is 8.60. The zero-order valence-electron chi connectivity index (χ0n) is 14.5. The molecule has 0 radical (unpaired) electrons. The molecule has 0 unspecified atom stereocenters. The first-order valence-electron chi connectivity index (χ1n) is 8.04. The molecule has 1 aromatic rings. The van der Waals surface area contributed by atoms with Crippen molar-refractivity contribution in [2.24, 2.45) is 4.99 Å². The summed E-state index contributed by atoms with van der Waals surface area (Å²) in [5, 5.41) is 3.24. The molecule has 0 bridgehead atoms. The van der Waals surface area contributed by atoms with E-state index >= 15 is 0 Å². The lowest BCUT2D eigenvalue weighted by atomic mass is 10.1. The van der Waals surface area contributed by atoms with Gasteiger partial charge in [0.15, 0.2) is 5.96 Å². The molecule has 0 saturated heterocycles. The number of halogens is 3. The Morgan fingerprint density at radius 3 is 2.42 bits per heavy atom. The fourth-order valence-corrected chi connectivity index (χ4v) is 2.21. The fourth-order valence-electron chi connectivity index (χ4n) is 2.21. The first kappa shape index (κ1) is 20.3. The number of nitrogens with zero attached hydrogens (tertiary/aromatic N) is 2. The molecular formula is C17H26F3N3O. The van der Waals surface area contributed by atoms with Crippen LogP contribution in [0.1, 0.15) is 30.9 Å². The highest BCUT2D eigenvalue weighted by Gasteiger charge is 2.29. The van der Waals surface area contributed by atoms with E-state index in [2.05, 4.69) is 10.3 Å². The van der Waals surface area contributed by atoms with Crippen molar-refractivity contribution < 1.29 is 17.9 Å². The van der Waals surface area contributed by atoms with Crippen LogP contribution in [0.5, 0.6) is 0 Å². The van der Waals surface area contributed by atoms with Crippen molar-refractivity contribution >= 4 is 5.96 Å². The van der Waals surface area contributed by atoms with Gasteiger partial charge >= 0.3 is 6.18 Å². The molecule has 0 atom stereocenters. The molecule has 0 spiro atoms. The minimum atomic E-state index is -4.30. The zero-order valence-corrected chi connectivity index (χ0v) is 14.5. The monoisotopic (exact) mass is 345 g/mol. The molecular weight excluding hydrogens is 319 g/mol. The van der Waals surface area contributed by atoms with Crippen LogP contribution < -0.4 is 5.32 Å². The lowest BCUT2D eigenvalue weighted by Gasteiger charge is -2.22. The van der Waals surface area contributed by atoms with Crippen LogP contribution in [0.2, 0.25) is 0 Å². The number of guanidine groups is 1. The molecule has 136 valence electrons. The minimum Gasteiger partial charge on any atom is -0.382 e. The second-order valence-corrected chi connectivity index (χ2v) is 5.43. The first-order valence-corrected chi connectivity index (χ1v) is 8.04. The Bertz CT molecular complexity index is 501. The summed E-state index contributed by atoms with van der Waals surface area (Å²) >= 11 is 0. The molecule has 7 heteroatoms. The van der Waals surface area contributed by atoms with E-state index in [4.69, 9.17) is 4.74 Å². The van der Waals surface area contributed by atoms with E-state index in [0.717, 1.165) is 50.3 Å². The molecule has 0 aliphatic carbocycles. The number of benzene rings is 1. The van der Waals surface area contributed by atoms with E-state index in [-0.39, 0.29) is 0 Å².